The fourth-order valence-electron chi connectivity index (χ4n) is 2.64. The van der Waals surface area contributed by atoms with E-state index in [0.717, 1.165) is 24.1 Å². The molecular weight excluding hydrogens is 280 g/mol. The minimum atomic E-state index is 0.505. The Bertz CT molecular complexity index is 459. The van der Waals surface area contributed by atoms with Crippen molar-refractivity contribution in [3.8, 4) is 0 Å². The number of guanidine groups is 1. The van der Waals surface area contributed by atoms with Crippen LogP contribution in [-0.2, 0) is 6.54 Å². The second kappa shape index (κ2) is 7.78. The quantitative estimate of drug-likeness (QED) is 0.661. The lowest BCUT2D eigenvalue weighted by atomic mass is 9.87. The van der Waals surface area contributed by atoms with Crippen LogP contribution in [0.5, 0.6) is 0 Å². The van der Waals surface area contributed by atoms with Crippen LogP contribution in [0.15, 0.2) is 10.4 Å². The predicted molar refractivity (Wildman–Crippen MR) is 91.0 cm³/mol. The highest BCUT2D eigenvalue weighted by Crippen LogP contribution is 2.23. The van der Waals surface area contributed by atoms with Crippen molar-refractivity contribution in [3.63, 3.8) is 0 Å². The van der Waals surface area contributed by atoms with Crippen LogP contribution in [-0.4, -0.2) is 24.0 Å². The van der Waals surface area contributed by atoms with Gasteiger partial charge in [-0.15, -0.1) is 11.3 Å². The third-order valence-corrected chi connectivity index (χ3v) is 5.27. The van der Waals surface area contributed by atoms with Gasteiger partial charge in [-0.1, -0.05) is 20.8 Å². The Morgan fingerprint density at radius 1 is 1.38 bits per heavy atom. The SMILES string of the molecule is CN=C(NCc1csc(C(C)C)n1)NC1CCC(C)CC1. The zero-order valence-electron chi connectivity index (χ0n) is 13.6. The highest BCUT2D eigenvalue weighted by atomic mass is 32.1. The average Bonchev–Trinajstić information content (AvgIpc) is 2.94. The fraction of sp³-hybridized carbons (Fsp3) is 0.750. The van der Waals surface area contributed by atoms with E-state index in [2.05, 4.69) is 46.8 Å². The van der Waals surface area contributed by atoms with E-state index in [-0.39, 0.29) is 0 Å². The summed E-state index contributed by atoms with van der Waals surface area (Å²) in [5.41, 5.74) is 1.10. The number of aliphatic imine (C=N–C) groups is 1. The second-order valence-corrected chi connectivity index (χ2v) is 7.25. The van der Waals surface area contributed by atoms with E-state index in [1.54, 1.807) is 11.3 Å². The lowest BCUT2D eigenvalue weighted by Gasteiger charge is -2.28. The maximum atomic E-state index is 4.65. The predicted octanol–water partition coefficient (Wildman–Crippen LogP) is 3.51. The summed E-state index contributed by atoms with van der Waals surface area (Å²) in [4.78, 5) is 8.97. The molecule has 0 unspecified atom stereocenters. The smallest absolute Gasteiger partial charge is 0.191 e. The van der Waals surface area contributed by atoms with Gasteiger partial charge in [-0.05, 0) is 31.6 Å². The van der Waals surface area contributed by atoms with Crippen molar-refractivity contribution in [2.45, 2.75) is 65.0 Å². The third-order valence-electron chi connectivity index (χ3n) is 4.08. The molecule has 1 saturated carbocycles. The van der Waals surface area contributed by atoms with Crippen LogP contribution >= 0.6 is 11.3 Å². The molecule has 1 aromatic heterocycles. The Balaban J connectivity index is 1.79. The van der Waals surface area contributed by atoms with Crippen molar-refractivity contribution >= 4 is 17.3 Å². The van der Waals surface area contributed by atoms with Gasteiger partial charge in [-0.2, -0.15) is 0 Å². The number of rotatable bonds is 4. The van der Waals surface area contributed by atoms with Gasteiger partial charge in [0.2, 0.25) is 0 Å². The van der Waals surface area contributed by atoms with Crippen LogP contribution in [0.3, 0.4) is 0 Å². The molecule has 1 heterocycles. The summed E-state index contributed by atoms with van der Waals surface area (Å²) in [6.07, 6.45) is 5.13. The van der Waals surface area contributed by atoms with Gasteiger partial charge in [0.15, 0.2) is 5.96 Å². The summed E-state index contributed by atoms with van der Waals surface area (Å²) in [7, 11) is 1.83. The fourth-order valence-corrected chi connectivity index (χ4v) is 3.47. The second-order valence-electron chi connectivity index (χ2n) is 6.36. The van der Waals surface area contributed by atoms with Crippen molar-refractivity contribution < 1.29 is 0 Å². The molecule has 5 heteroatoms. The van der Waals surface area contributed by atoms with Crippen molar-refractivity contribution in [3.05, 3.63) is 16.1 Å². The molecule has 0 aliphatic heterocycles. The van der Waals surface area contributed by atoms with Crippen LogP contribution in [0, 0.1) is 5.92 Å². The van der Waals surface area contributed by atoms with Crippen LogP contribution in [0.25, 0.3) is 0 Å². The number of hydrogen-bond donors (Lipinski definition) is 2. The van der Waals surface area contributed by atoms with E-state index < -0.39 is 0 Å². The standard InChI is InChI=1S/C16H28N4S/c1-11(2)15-19-14(10-21-15)9-18-16(17-4)20-13-7-5-12(3)6-8-13/h10-13H,5-9H2,1-4H3,(H2,17,18,20). The molecule has 0 atom stereocenters. The summed E-state index contributed by atoms with van der Waals surface area (Å²) in [5, 5.41) is 10.3. The number of thiazole rings is 1. The van der Waals surface area contributed by atoms with Gasteiger partial charge in [0.25, 0.3) is 0 Å². The lowest BCUT2D eigenvalue weighted by Crippen LogP contribution is -2.44. The molecular formula is C16H28N4S. The Morgan fingerprint density at radius 2 is 2.10 bits per heavy atom. The number of nitrogens with zero attached hydrogens (tertiary/aromatic N) is 2. The molecule has 2 N–H and O–H groups in total. The summed E-state index contributed by atoms with van der Waals surface area (Å²) < 4.78 is 0. The van der Waals surface area contributed by atoms with E-state index in [4.69, 9.17) is 0 Å². The van der Waals surface area contributed by atoms with Crippen molar-refractivity contribution in [2.24, 2.45) is 10.9 Å². The Hall–Kier alpha value is -1.10. The first-order valence-corrected chi connectivity index (χ1v) is 8.88. The molecule has 0 amide bonds. The van der Waals surface area contributed by atoms with Gasteiger partial charge in [0, 0.05) is 24.4 Å². The van der Waals surface area contributed by atoms with Gasteiger partial charge in [0.1, 0.15) is 0 Å². The maximum absolute atomic E-state index is 4.65. The molecule has 0 bridgehead atoms. The molecule has 1 aliphatic carbocycles. The van der Waals surface area contributed by atoms with Gasteiger partial charge < -0.3 is 10.6 Å². The summed E-state index contributed by atoms with van der Waals surface area (Å²) in [6.45, 7) is 7.45. The van der Waals surface area contributed by atoms with E-state index in [0.29, 0.717) is 12.0 Å². The lowest BCUT2D eigenvalue weighted by molar-refractivity contribution is 0.329. The van der Waals surface area contributed by atoms with Gasteiger partial charge in [-0.3, -0.25) is 4.99 Å². The molecule has 118 valence electrons. The van der Waals surface area contributed by atoms with Gasteiger partial charge in [0.05, 0.1) is 17.2 Å². The number of hydrogen-bond acceptors (Lipinski definition) is 3. The maximum Gasteiger partial charge on any atom is 0.191 e. The minimum absolute atomic E-state index is 0.505. The minimum Gasteiger partial charge on any atom is -0.354 e. The van der Waals surface area contributed by atoms with Crippen LogP contribution in [0.1, 0.15) is 63.1 Å². The van der Waals surface area contributed by atoms with E-state index in [1.807, 2.05) is 7.05 Å². The van der Waals surface area contributed by atoms with Crippen LogP contribution in [0.2, 0.25) is 0 Å². The zero-order chi connectivity index (χ0) is 15.2. The number of aromatic nitrogens is 1. The van der Waals surface area contributed by atoms with Gasteiger partial charge >= 0.3 is 0 Å². The largest absolute Gasteiger partial charge is 0.354 e. The Labute approximate surface area is 132 Å². The number of nitrogens with one attached hydrogen (secondary N) is 2. The monoisotopic (exact) mass is 308 g/mol. The molecule has 1 aromatic rings. The van der Waals surface area contributed by atoms with E-state index in [9.17, 15) is 0 Å². The van der Waals surface area contributed by atoms with E-state index >= 15 is 0 Å². The molecule has 2 rings (SSSR count). The van der Waals surface area contributed by atoms with Crippen molar-refractivity contribution in [1.82, 2.24) is 15.6 Å². The third kappa shape index (κ3) is 4.99. The molecule has 21 heavy (non-hydrogen) atoms. The highest BCUT2D eigenvalue weighted by molar-refractivity contribution is 7.09. The van der Waals surface area contributed by atoms with Crippen molar-refractivity contribution in [1.29, 1.82) is 0 Å². The molecule has 0 aromatic carbocycles. The van der Waals surface area contributed by atoms with Crippen LogP contribution < -0.4 is 10.6 Å². The normalized spacial score (nSPS) is 23.4. The first-order valence-electron chi connectivity index (χ1n) is 8.00. The molecule has 0 saturated heterocycles. The summed E-state index contributed by atoms with van der Waals surface area (Å²) >= 11 is 1.74. The van der Waals surface area contributed by atoms with Crippen molar-refractivity contribution in [2.75, 3.05) is 7.05 Å². The van der Waals surface area contributed by atoms with Gasteiger partial charge in [-0.25, -0.2) is 4.98 Å². The zero-order valence-corrected chi connectivity index (χ0v) is 14.5. The van der Waals surface area contributed by atoms with Crippen LogP contribution in [0.4, 0.5) is 0 Å². The first kappa shape index (κ1) is 16.3. The molecule has 0 radical (unpaired) electrons. The first-order chi connectivity index (χ1) is 10.1. The summed E-state index contributed by atoms with van der Waals surface area (Å²) in [6, 6.07) is 0.564. The Kier molecular flexibility index (Phi) is 6.03. The average molecular weight is 308 g/mol. The topological polar surface area (TPSA) is 49.3 Å². The molecule has 1 fully saturated rings. The Morgan fingerprint density at radius 3 is 2.67 bits per heavy atom. The van der Waals surface area contributed by atoms with E-state index in [1.165, 1.54) is 30.7 Å². The highest BCUT2D eigenvalue weighted by Gasteiger charge is 2.18. The molecule has 4 nitrogen and oxygen atoms in total. The summed E-state index contributed by atoms with van der Waals surface area (Å²) in [5.74, 6) is 2.28. The molecule has 1 aliphatic rings. The molecule has 0 spiro atoms.